The molecule has 0 saturated heterocycles. The Bertz CT molecular complexity index is 554. The van der Waals surface area contributed by atoms with Gasteiger partial charge >= 0.3 is 11.7 Å². The summed E-state index contributed by atoms with van der Waals surface area (Å²) in [5.41, 5.74) is -0.382. The van der Waals surface area contributed by atoms with Crippen LogP contribution in [0.3, 0.4) is 0 Å². The van der Waals surface area contributed by atoms with Gasteiger partial charge in [0.25, 0.3) is 0 Å². The van der Waals surface area contributed by atoms with Crippen molar-refractivity contribution in [2.24, 2.45) is 0 Å². The van der Waals surface area contributed by atoms with Gasteiger partial charge in [-0.05, 0) is 38.8 Å². The molecule has 0 radical (unpaired) electrons. The average molecular weight is 293 g/mol. The van der Waals surface area contributed by atoms with Gasteiger partial charge in [0.1, 0.15) is 11.4 Å². The molecule has 0 unspecified atom stereocenters. The zero-order valence-electron chi connectivity index (χ0n) is 13.1. The quantitative estimate of drug-likeness (QED) is 0.899. The van der Waals surface area contributed by atoms with Crippen molar-refractivity contribution >= 4 is 12.2 Å². The molecule has 0 bridgehead atoms. The summed E-state index contributed by atoms with van der Waals surface area (Å²) < 4.78 is 10.4. The number of ether oxygens (including phenoxy) is 1. The molecule has 1 aromatic rings. The molecule has 0 spiro atoms. The van der Waals surface area contributed by atoms with Crippen LogP contribution in [-0.4, -0.2) is 11.7 Å². The zero-order chi connectivity index (χ0) is 16.0. The van der Waals surface area contributed by atoms with Crippen LogP contribution < -0.4 is 10.9 Å². The Morgan fingerprint density at radius 3 is 2.67 bits per heavy atom. The lowest BCUT2D eigenvalue weighted by atomic mass is 10.1. The van der Waals surface area contributed by atoms with Crippen molar-refractivity contribution in [3.63, 3.8) is 0 Å². The highest BCUT2D eigenvalue weighted by Crippen LogP contribution is 2.19. The Labute approximate surface area is 125 Å². The third-order valence-electron chi connectivity index (χ3n) is 2.66. The fraction of sp³-hybridized carbons (Fsp3) is 0.500. The Balaban J connectivity index is 2.96. The molecule has 0 aromatic carbocycles. The third-order valence-corrected chi connectivity index (χ3v) is 2.66. The molecule has 1 amide bonds. The molecule has 0 aliphatic carbocycles. The lowest BCUT2D eigenvalue weighted by Gasteiger charge is -2.23. The van der Waals surface area contributed by atoms with Crippen LogP contribution in [0.15, 0.2) is 27.9 Å². The van der Waals surface area contributed by atoms with E-state index in [1.54, 1.807) is 32.9 Å². The van der Waals surface area contributed by atoms with Crippen molar-refractivity contribution in [1.29, 1.82) is 0 Å². The van der Waals surface area contributed by atoms with Crippen molar-refractivity contribution in [3.8, 4) is 0 Å². The number of carbonyl (C=O) groups is 1. The molecular weight excluding hydrogens is 270 g/mol. The molecule has 5 heteroatoms. The highest BCUT2D eigenvalue weighted by atomic mass is 16.6. The van der Waals surface area contributed by atoms with E-state index < -0.39 is 23.4 Å². The summed E-state index contributed by atoms with van der Waals surface area (Å²) in [6.07, 6.45) is 2.50. The van der Waals surface area contributed by atoms with Gasteiger partial charge in [0.2, 0.25) is 0 Å². The fourth-order valence-corrected chi connectivity index (χ4v) is 1.83. The van der Waals surface area contributed by atoms with E-state index in [0.29, 0.717) is 17.7 Å². The summed E-state index contributed by atoms with van der Waals surface area (Å²) >= 11 is 0. The van der Waals surface area contributed by atoms with Crippen LogP contribution in [0, 0.1) is 0 Å². The number of amides is 1. The average Bonchev–Trinajstić information content (AvgIpc) is 2.35. The first kappa shape index (κ1) is 17.0. The van der Waals surface area contributed by atoms with E-state index in [-0.39, 0.29) is 0 Å². The molecule has 0 aliphatic heterocycles. The molecule has 21 heavy (non-hydrogen) atoms. The van der Waals surface area contributed by atoms with Crippen molar-refractivity contribution in [2.45, 2.75) is 52.2 Å². The molecule has 1 heterocycles. The molecule has 1 N–H and O–H groups in total. The molecule has 116 valence electrons. The highest BCUT2D eigenvalue weighted by molar-refractivity contribution is 5.68. The number of nitrogens with one attached hydrogen (secondary N) is 1. The van der Waals surface area contributed by atoms with Crippen LogP contribution in [0.4, 0.5) is 4.79 Å². The van der Waals surface area contributed by atoms with Gasteiger partial charge in [-0.3, -0.25) is 0 Å². The lowest BCUT2D eigenvalue weighted by molar-refractivity contribution is 0.0493. The second kappa shape index (κ2) is 7.11. The molecule has 1 rings (SSSR count). The van der Waals surface area contributed by atoms with Crippen LogP contribution in [0.2, 0.25) is 0 Å². The maximum absolute atomic E-state index is 11.9. The summed E-state index contributed by atoms with van der Waals surface area (Å²) in [7, 11) is 0. The number of rotatable bonds is 5. The van der Waals surface area contributed by atoms with Crippen molar-refractivity contribution in [3.05, 3.63) is 40.5 Å². The zero-order valence-corrected chi connectivity index (χ0v) is 13.1. The number of hydrogen-bond acceptors (Lipinski definition) is 4. The van der Waals surface area contributed by atoms with Gasteiger partial charge in [-0.25, -0.2) is 9.59 Å². The monoisotopic (exact) mass is 293 g/mol. The molecule has 0 saturated carbocycles. The summed E-state index contributed by atoms with van der Waals surface area (Å²) in [6, 6.07) is 2.65. The van der Waals surface area contributed by atoms with E-state index in [1.165, 1.54) is 6.07 Å². The van der Waals surface area contributed by atoms with E-state index in [1.807, 2.05) is 6.92 Å². The van der Waals surface area contributed by atoms with Crippen LogP contribution in [0.25, 0.3) is 6.08 Å². The van der Waals surface area contributed by atoms with E-state index in [9.17, 15) is 9.59 Å². The van der Waals surface area contributed by atoms with E-state index >= 15 is 0 Å². The predicted molar refractivity (Wildman–Crippen MR) is 82.1 cm³/mol. The van der Waals surface area contributed by atoms with E-state index in [0.717, 1.165) is 6.42 Å². The Hall–Kier alpha value is -2.04. The highest BCUT2D eigenvalue weighted by Gasteiger charge is 2.21. The first-order valence-corrected chi connectivity index (χ1v) is 7.02. The van der Waals surface area contributed by atoms with Gasteiger partial charge < -0.3 is 14.5 Å². The molecule has 1 atom stereocenters. The van der Waals surface area contributed by atoms with Gasteiger partial charge in [0.05, 0.1) is 6.04 Å². The van der Waals surface area contributed by atoms with Crippen LogP contribution in [-0.2, 0) is 4.74 Å². The topological polar surface area (TPSA) is 68.5 Å². The molecule has 1 aromatic heterocycles. The number of carbonyl (C=O) groups excluding carboxylic acids is 1. The van der Waals surface area contributed by atoms with Crippen LogP contribution in [0.5, 0.6) is 0 Å². The Kier molecular flexibility index (Phi) is 5.76. The van der Waals surface area contributed by atoms with E-state index in [4.69, 9.17) is 9.15 Å². The maximum atomic E-state index is 11.9. The minimum atomic E-state index is -0.579. The summed E-state index contributed by atoms with van der Waals surface area (Å²) in [4.78, 5) is 23.4. The summed E-state index contributed by atoms with van der Waals surface area (Å²) in [5, 5.41) is 2.74. The van der Waals surface area contributed by atoms with E-state index in [2.05, 4.69) is 11.9 Å². The minimum absolute atomic E-state index is 0.405. The van der Waals surface area contributed by atoms with Crippen molar-refractivity contribution < 1.29 is 13.9 Å². The fourth-order valence-electron chi connectivity index (χ4n) is 1.83. The van der Waals surface area contributed by atoms with Crippen molar-refractivity contribution in [2.75, 3.05) is 0 Å². The number of hydrogen-bond donors (Lipinski definition) is 1. The molecule has 5 nitrogen and oxygen atoms in total. The summed E-state index contributed by atoms with van der Waals surface area (Å²) in [5.74, 6) is 0.408. The van der Waals surface area contributed by atoms with Gasteiger partial charge in [-0.15, -0.1) is 0 Å². The van der Waals surface area contributed by atoms with Gasteiger partial charge in [0.15, 0.2) is 0 Å². The lowest BCUT2D eigenvalue weighted by Crippen LogP contribution is -2.35. The SMILES string of the molecule is C=Cc1cc([C@@H](CCC)NC(=O)OC(C)(C)C)oc(=O)c1. The first-order valence-electron chi connectivity index (χ1n) is 7.02. The van der Waals surface area contributed by atoms with Gasteiger partial charge in [0, 0.05) is 6.07 Å². The van der Waals surface area contributed by atoms with Crippen LogP contribution >= 0.6 is 0 Å². The predicted octanol–water partition coefficient (Wildman–Crippen LogP) is 3.65. The van der Waals surface area contributed by atoms with Crippen molar-refractivity contribution in [1.82, 2.24) is 5.32 Å². The largest absolute Gasteiger partial charge is 0.444 e. The summed E-state index contributed by atoms with van der Waals surface area (Å²) in [6.45, 7) is 11.0. The normalized spacial score (nSPS) is 12.6. The second-order valence-corrected chi connectivity index (χ2v) is 5.80. The molecular formula is C16H23NO4. The van der Waals surface area contributed by atoms with Crippen LogP contribution in [0.1, 0.15) is 57.9 Å². The third kappa shape index (κ3) is 5.85. The standard InChI is InChI=1S/C16H23NO4/c1-6-8-12(17-15(19)21-16(3,4)5)13-9-11(7-2)10-14(18)20-13/h7,9-10,12H,2,6,8H2,1,3-5H3,(H,17,19)/t12-/m1/s1. The molecule has 0 aliphatic rings. The Morgan fingerprint density at radius 2 is 2.14 bits per heavy atom. The molecule has 0 fully saturated rings. The maximum Gasteiger partial charge on any atom is 0.408 e. The Morgan fingerprint density at radius 1 is 1.48 bits per heavy atom. The number of alkyl carbamates (subject to hydrolysis) is 1. The van der Waals surface area contributed by atoms with Gasteiger partial charge in [-0.2, -0.15) is 0 Å². The second-order valence-electron chi connectivity index (χ2n) is 5.80. The first-order chi connectivity index (χ1) is 9.75. The van der Waals surface area contributed by atoms with Gasteiger partial charge in [-0.1, -0.05) is 26.0 Å². The smallest absolute Gasteiger partial charge is 0.408 e. The minimum Gasteiger partial charge on any atom is -0.444 e.